The van der Waals surface area contributed by atoms with E-state index in [0.29, 0.717) is 23.2 Å². The van der Waals surface area contributed by atoms with Gasteiger partial charge >= 0.3 is 0 Å². The van der Waals surface area contributed by atoms with E-state index in [4.69, 9.17) is 10.5 Å². The summed E-state index contributed by atoms with van der Waals surface area (Å²) in [4.78, 5) is 21.2. The summed E-state index contributed by atoms with van der Waals surface area (Å²) in [5.74, 6) is 1.36. The SMILES string of the molecule is Cc1ccc(C(=O)Nc2ccc3c(c2)C2(CCO3)CSC(N)=N2)nc1. The Hall–Kier alpha value is -2.54. The summed E-state index contributed by atoms with van der Waals surface area (Å²) < 4.78 is 5.76. The number of aryl methyl sites for hydroxylation is 1. The molecule has 3 N–H and O–H groups in total. The number of nitrogens with one attached hydrogen (secondary N) is 1. The Bertz CT molecular complexity index is 866. The fourth-order valence-corrected chi connectivity index (χ4v) is 4.08. The van der Waals surface area contributed by atoms with Crippen LogP contribution < -0.4 is 15.8 Å². The maximum atomic E-state index is 12.4. The lowest BCUT2D eigenvalue weighted by Crippen LogP contribution is -2.32. The number of aromatic nitrogens is 1. The predicted molar refractivity (Wildman–Crippen MR) is 99.2 cm³/mol. The van der Waals surface area contributed by atoms with Crippen molar-refractivity contribution in [1.29, 1.82) is 0 Å². The van der Waals surface area contributed by atoms with E-state index in [1.54, 1.807) is 24.0 Å². The molecular weight excluding hydrogens is 336 g/mol. The lowest BCUT2D eigenvalue weighted by molar-refractivity contribution is 0.102. The smallest absolute Gasteiger partial charge is 0.274 e. The number of anilines is 1. The molecule has 25 heavy (non-hydrogen) atoms. The number of carbonyl (C=O) groups excluding carboxylic acids is 1. The van der Waals surface area contributed by atoms with E-state index in [1.807, 2.05) is 31.2 Å². The first-order chi connectivity index (χ1) is 12.1. The van der Waals surface area contributed by atoms with Crippen LogP contribution in [0.15, 0.2) is 41.5 Å². The number of thioether (sulfide) groups is 1. The van der Waals surface area contributed by atoms with Crippen molar-refractivity contribution in [3.8, 4) is 5.75 Å². The second kappa shape index (κ2) is 6.07. The number of hydrogen-bond donors (Lipinski definition) is 2. The molecule has 1 spiro atoms. The maximum absolute atomic E-state index is 12.4. The normalized spacial score (nSPS) is 21.4. The molecule has 6 nitrogen and oxygen atoms in total. The summed E-state index contributed by atoms with van der Waals surface area (Å²) in [5, 5.41) is 3.50. The van der Waals surface area contributed by atoms with Crippen molar-refractivity contribution in [1.82, 2.24) is 4.98 Å². The number of ether oxygens (including phenoxy) is 1. The first-order valence-corrected chi connectivity index (χ1v) is 9.04. The second-order valence-electron chi connectivity index (χ2n) is 6.25. The summed E-state index contributed by atoms with van der Waals surface area (Å²) in [5.41, 5.74) is 8.61. The molecule has 0 saturated heterocycles. The zero-order chi connectivity index (χ0) is 17.4. The minimum Gasteiger partial charge on any atom is -0.493 e. The van der Waals surface area contributed by atoms with Gasteiger partial charge in [-0.25, -0.2) is 0 Å². The number of hydrogen-bond acceptors (Lipinski definition) is 6. The zero-order valence-electron chi connectivity index (χ0n) is 13.8. The van der Waals surface area contributed by atoms with Gasteiger partial charge in [-0.3, -0.25) is 14.8 Å². The van der Waals surface area contributed by atoms with E-state index in [-0.39, 0.29) is 11.4 Å². The highest BCUT2D eigenvalue weighted by Crippen LogP contribution is 2.46. The molecule has 0 radical (unpaired) electrons. The van der Waals surface area contributed by atoms with E-state index in [1.165, 1.54) is 0 Å². The third-order valence-corrected chi connectivity index (χ3v) is 5.45. The minimum atomic E-state index is -0.356. The molecule has 0 saturated carbocycles. The molecule has 1 atom stereocenters. The van der Waals surface area contributed by atoms with E-state index in [0.717, 1.165) is 29.1 Å². The Morgan fingerprint density at radius 2 is 2.24 bits per heavy atom. The fraction of sp³-hybridized carbons (Fsp3) is 0.278. The van der Waals surface area contributed by atoms with Crippen molar-refractivity contribution in [2.45, 2.75) is 18.9 Å². The molecule has 1 amide bonds. The van der Waals surface area contributed by atoms with Gasteiger partial charge in [-0.15, -0.1) is 0 Å². The molecule has 0 fully saturated rings. The number of pyridine rings is 1. The molecule has 1 aromatic carbocycles. The Labute approximate surface area is 149 Å². The van der Waals surface area contributed by atoms with Crippen molar-refractivity contribution in [3.63, 3.8) is 0 Å². The number of fused-ring (bicyclic) bond motifs is 2. The average Bonchev–Trinajstić information content (AvgIpc) is 2.98. The average molecular weight is 354 g/mol. The Kier molecular flexibility index (Phi) is 3.88. The molecule has 2 aromatic rings. The van der Waals surface area contributed by atoms with Crippen LogP contribution in [0.1, 0.15) is 28.0 Å². The van der Waals surface area contributed by atoms with Crippen LogP contribution in [0.4, 0.5) is 5.69 Å². The molecule has 2 aliphatic heterocycles. The molecule has 4 rings (SSSR count). The van der Waals surface area contributed by atoms with E-state index in [2.05, 4.69) is 15.3 Å². The number of nitrogens with two attached hydrogens (primary N) is 1. The van der Waals surface area contributed by atoms with Crippen molar-refractivity contribution < 1.29 is 9.53 Å². The van der Waals surface area contributed by atoms with Gasteiger partial charge in [0.1, 0.15) is 17.0 Å². The van der Waals surface area contributed by atoms with Gasteiger partial charge in [-0.05, 0) is 36.8 Å². The summed E-state index contributed by atoms with van der Waals surface area (Å²) in [6.07, 6.45) is 2.46. The van der Waals surface area contributed by atoms with Gasteiger partial charge in [-0.1, -0.05) is 17.8 Å². The topological polar surface area (TPSA) is 89.6 Å². The van der Waals surface area contributed by atoms with Crippen LogP contribution >= 0.6 is 11.8 Å². The van der Waals surface area contributed by atoms with Gasteiger partial charge < -0.3 is 15.8 Å². The Morgan fingerprint density at radius 3 is 2.96 bits per heavy atom. The predicted octanol–water partition coefficient (Wildman–Crippen LogP) is 2.68. The quantitative estimate of drug-likeness (QED) is 0.865. The lowest BCUT2D eigenvalue weighted by atomic mass is 9.86. The molecule has 1 aromatic heterocycles. The summed E-state index contributed by atoms with van der Waals surface area (Å²) >= 11 is 1.56. The number of rotatable bonds is 2. The molecule has 1 unspecified atom stereocenters. The van der Waals surface area contributed by atoms with Crippen LogP contribution in [0.3, 0.4) is 0 Å². The number of amidine groups is 1. The second-order valence-corrected chi connectivity index (χ2v) is 7.25. The summed E-state index contributed by atoms with van der Waals surface area (Å²) in [6, 6.07) is 9.22. The summed E-state index contributed by atoms with van der Waals surface area (Å²) in [6.45, 7) is 2.55. The van der Waals surface area contributed by atoms with Crippen LogP contribution in [0, 0.1) is 6.92 Å². The largest absolute Gasteiger partial charge is 0.493 e. The molecular formula is C18H18N4O2S. The van der Waals surface area contributed by atoms with E-state index < -0.39 is 0 Å². The van der Waals surface area contributed by atoms with Gasteiger partial charge in [0.05, 0.1) is 6.61 Å². The molecule has 128 valence electrons. The number of amides is 1. The van der Waals surface area contributed by atoms with Gasteiger partial charge in [0.15, 0.2) is 5.17 Å². The van der Waals surface area contributed by atoms with Crippen molar-refractivity contribution >= 4 is 28.5 Å². The standard InChI is InChI=1S/C18H18N4O2S/c1-11-2-4-14(20-9-11)16(23)21-12-3-5-15-13(8-12)18(6-7-24-15)10-25-17(19)22-18/h2-5,8-9H,6-7,10H2,1H3,(H2,19,22)(H,21,23). The van der Waals surface area contributed by atoms with Crippen molar-refractivity contribution in [2.75, 3.05) is 17.7 Å². The van der Waals surface area contributed by atoms with Gasteiger partial charge in [0, 0.05) is 29.6 Å². The molecule has 2 aliphatic rings. The van der Waals surface area contributed by atoms with Gasteiger partial charge in [-0.2, -0.15) is 0 Å². The van der Waals surface area contributed by atoms with Crippen LogP contribution in [-0.4, -0.2) is 28.4 Å². The van der Waals surface area contributed by atoms with E-state index in [9.17, 15) is 4.79 Å². The van der Waals surface area contributed by atoms with Gasteiger partial charge in [0.25, 0.3) is 5.91 Å². The number of aliphatic imine (C=N–C) groups is 1. The molecule has 0 aliphatic carbocycles. The van der Waals surface area contributed by atoms with Crippen LogP contribution in [-0.2, 0) is 5.54 Å². The maximum Gasteiger partial charge on any atom is 0.274 e. The molecule has 0 bridgehead atoms. The van der Waals surface area contributed by atoms with Crippen molar-refractivity contribution in [3.05, 3.63) is 53.3 Å². The Balaban J connectivity index is 1.63. The number of benzene rings is 1. The third kappa shape index (κ3) is 2.95. The highest BCUT2D eigenvalue weighted by Gasteiger charge is 2.41. The first-order valence-electron chi connectivity index (χ1n) is 8.05. The van der Waals surface area contributed by atoms with E-state index >= 15 is 0 Å². The van der Waals surface area contributed by atoms with Crippen molar-refractivity contribution in [2.24, 2.45) is 10.7 Å². The monoisotopic (exact) mass is 354 g/mol. The highest BCUT2D eigenvalue weighted by atomic mass is 32.2. The highest BCUT2D eigenvalue weighted by molar-refractivity contribution is 8.14. The summed E-state index contributed by atoms with van der Waals surface area (Å²) in [7, 11) is 0. The zero-order valence-corrected chi connectivity index (χ0v) is 14.6. The molecule has 7 heteroatoms. The molecule has 3 heterocycles. The van der Waals surface area contributed by atoms with Gasteiger partial charge in [0.2, 0.25) is 0 Å². The Morgan fingerprint density at radius 1 is 1.36 bits per heavy atom. The minimum absolute atomic E-state index is 0.241. The van der Waals surface area contributed by atoms with Crippen LogP contribution in [0.2, 0.25) is 0 Å². The third-order valence-electron chi connectivity index (χ3n) is 4.44. The number of carbonyl (C=O) groups is 1. The lowest BCUT2D eigenvalue weighted by Gasteiger charge is -2.32. The first kappa shape index (κ1) is 16.0. The number of nitrogens with zero attached hydrogens (tertiary/aromatic N) is 2. The fourth-order valence-electron chi connectivity index (χ4n) is 3.09. The van der Waals surface area contributed by atoms with Crippen LogP contribution in [0.5, 0.6) is 5.75 Å². The van der Waals surface area contributed by atoms with Crippen LogP contribution in [0.25, 0.3) is 0 Å².